The zero-order valence-electron chi connectivity index (χ0n) is 16.7. The molecule has 152 valence electrons. The molecule has 4 rings (SSSR count). The van der Waals surface area contributed by atoms with Gasteiger partial charge in [-0.2, -0.15) is 0 Å². The zero-order chi connectivity index (χ0) is 20.3. The van der Waals surface area contributed by atoms with Crippen LogP contribution in [0, 0.1) is 11.3 Å². The Morgan fingerprint density at radius 1 is 1.17 bits per heavy atom. The number of carboxylic acid groups (broad SMARTS) is 1. The number of carboxylic acids is 1. The molecule has 1 aromatic heterocycles. The summed E-state index contributed by atoms with van der Waals surface area (Å²) >= 11 is 0. The van der Waals surface area contributed by atoms with E-state index in [0.717, 1.165) is 37.5 Å². The van der Waals surface area contributed by atoms with E-state index in [1.54, 1.807) is 19.5 Å². The number of hydrogen-bond acceptors (Lipinski definition) is 5. The first kappa shape index (κ1) is 19.6. The number of benzene rings is 1. The Hall–Kier alpha value is -2.70. The molecule has 0 amide bonds. The molecule has 0 bridgehead atoms. The van der Waals surface area contributed by atoms with Crippen LogP contribution in [0.15, 0.2) is 54.9 Å². The van der Waals surface area contributed by atoms with Crippen molar-refractivity contribution in [1.29, 1.82) is 0 Å². The predicted molar refractivity (Wildman–Crippen MR) is 112 cm³/mol. The summed E-state index contributed by atoms with van der Waals surface area (Å²) in [6.45, 7) is 4.41. The minimum Gasteiger partial charge on any atom is -0.497 e. The maximum Gasteiger partial charge on any atom is 0.312 e. The molecule has 0 saturated carbocycles. The summed E-state index contributed by atoms with van der Waals surface area (Å²) < 4.78 is 5.18. The maximum absolute atomic E-state index is 12.2. The number of fused-ring (bicyclic) bond motifs is 1. The number of aliphatic carboxylic acids is 1. The molecule has 3 heterocycles. The summed E-state index contributed by atoms with van der Waals surface area (Å²) in [6, 6.07) is 11.9. The monoisotopic (exact) mass is 393 g/mol. The molecule has 29 heavy (non-hydrogen) atoms. The number of carbonyl (C=O) groups is 1. The van der Waals surface area contributed by atoms with E-state index in [2.05, 4.69) is 26.9 Å². The van der Waals surface area contributed by atoms with E-state index in [9.17, 15) is 9.90 Å². The predicted octanol–water partition coefficient (Wildman–Crippen LogP) is 2.62. The summed E-state index contributed by atoms with van der Waals surface area (Å²) in [6.07, 6.45) is 7.77. The van der Waals surface area contributed by atoms with Gasteiger partial charge in [-0.3, -0.25) is 19.6 Å². The average molecular weight is 393 g/mol. The number of ether oxygens (including phenoxy) is 1. The van der Waals surface area contributed by atoms with E-state index in [0.29, 0.717) is 13.1 Å². The van der Waals surface area contributed by atoms with Gasteiger partial charge in [-0.05, 0) is 35.4 Å². The van der Waals surface area contributed by atoms with Gasteiger partial charge < -0.3 is 9.84 Å². The van der Waals surface area contributed by atoms with Gasteiger partial charge in [-0.25, -0.2) is 0 Å². The van der Waals surface area contributed by atoms with Crippen LogP contribution in [0.25, 0.3) is 6.08 Å². The van der Waals surface area contributed by atoms with Crippen LogP contribution in [0.1, 0.15) is 11.1 Å². The van der Waals surface area contributed by atoms with Gasteiger partial charge in [0.15, 0.2) is 0 Å². The van der Waals surface area contributed by atoms with Gasteiger partial charge in [-0.15, -0.1) is 0 Å². The molecule has 1 aromatic carbocycles. The first-order valence-corrected chi connectivity index (χ1v) is 9.97. The molecule has 6 heteroatoms. The number of hydrogen-bond donors (Lipinski definition) is 1. The lowest BCUT2D eigenvalue weighted by Crippen LogP contribution is -2.40. The van der Waals surface area contributed by atoms with Crippen LogP contribution in [0.2, 0.25) is 0 Å². The summed E-state index contributed by atoms with van der Waals surface area (Å²) in [5.74, 6) is 0.340. The fraction of sp³-hybridized carbons (Fsp3) is 0.391. The number of nitrogens with zero attached hydrogens (tertiary/aromatic N) is 3. The lowest BCUT2D eigenvalue weighted by Gasteiger charge is -2.25. The Bertz CT molecular complexity index is 869. The van der Waals surface area contributed by atoms with Crippen LogP contribution in [0.5, 0.6) is 5.75 Å². The van der Waals surface area contributed by atoms with Crippen LogP contribution in [-0.2, 0) is 11.3 Å². The number of pyridine rings is 1. The van der Waals surface area contributed by atoms with Gasteiger partial charge in [0.05, 0.1) is 12.5 Å². The standard InChI is InChI=1S/C23H27N3O3/c1-29-21-6-4-18(5-7-21)3-2-12-25-14-20-15-26(13-19-8-10-24-11-9-19)17-23(20,16-25)22(27)28/h2-11,20H,12-17H2,1H3,(H,27,28)/b3-2+/t20-,23-/m0/s1. The molecule has 1 N–H and O–H groups in total. The minimum absolute atomic E-state index is 0.163. The molecule has 2 aromatic rings. The smallest absolute Gasteiger partial charge is 0.312 e. The highest BCUT2D eigenvalue weighted by atomic mass is 16.5. The van der Waals surface area contributed by atoms with Gasteiger partial charge in [0.25, 0.3) is 0 Å². The minimum atomic E-state index is -0.666. The largest absolute Gasteiger partial charge is 0.497 e. The molecule has 0 spiro atoms. The quantitative estimate of drug-likeness (QED) is 0.780. The molecular formula is C23H27N3O3. The lowest BCUT2D eigenvalue weighted by atomic mass is 9.81. The van der Waals surface area contributed by atoms with Crippen molar-refractivity contribution in [2.75, 3.05) is 39.8 Å². The number of rotatable bonds is 7. The fourth-order valence-electron chi connectivity index (χ4n) is 4.63. The lowest BCUT2D eigenvalue weighted by molar-refractivity contribution is -0.148. The van der Waals surface area contributed by atoms with E-state index in [-0.39, 0.29) is 5.92 Å². The molecule has 6 nitrogen and oxygen atoms in total. The van der Waals surface area contributed by atoms with Gasteiger partial charge in [0, 0.05) is 57.6 Å². The Morgan fingerprint density at radius 3 is 2.52 bits per heavy atom. The van der Waals surface area contributed by atoms with Crippen LogP contribution in [-0.4, -0.2) is 65.7 Å². The van der Waals surface area contributed by atoms with Crippen molar-refractivity contribution >= 4 is 12.0 Å². The van der Waals surface area contributed by atoms with Crippen molar-refractivity contribution in [2.45, 2.75) is 6.54 Å². The van der Waals surface area contributed by atoms with Crippen LogP contribution >= 0.6 is 0 Å². The van der Waals surface area contributed by atoms with Gasteiger partial charge in [0.2, 0.25) is 0 Å². The van der Waals surface area contributed by atoms with Crippen molar-refractivity contribution < 1.29 is 14.6 Å². The third-order valence-corrected chi connectivity index (χ3v) is 6.12. The molecule has 2 aliphatic rings. The van der Waals surface area contributed by atoms with E-state index in [4.69, 9.17) is 4.74 Å². The van der Waals surface area contributed by atoms with Gasteiger partial charge in [-0.1, -0.05) is 24.3 Å². The highest BCUT2D eigenvalue weighted by Gasteiger charge is 2.57. The second-order valence-electron chi connectivity index (χ2n) is 8.05. The molecule has 2 saturated heterocycles. The number of likely N-dealkylation sites (tertiary alicyclic amines) is 2. The molecule has 2 fully saturated rings. The Kier molecular flexibility index (Phi) is 5.65. The SMILES string of the molecule is COc1ccc(/C=C/CN2C[C@H]3CN(Cc4ccncc4)C[C@@]3(C(=O)O)C2)cc1. The number of methoxy groups -OCH3 is 1. The van der Waals surface area contributed by atoms with E-state index in [1.165, 1.54) is 5.56 Å². The van der Waals surface area contributed by atoms with Crippen LogP contribution < -0.4 is 4.74 Å². The topological polar surface area (TPSA) is 65.9 Å². The highest BCUT2D eigenvalue weighted by molar-refractivity contribution is 5.77. The number of aromatic nitrogens is 1. The van der Waals surface area contributed by atoms with Crippen LogP contribution in [0.4, 0.5) is 0 Å². The fourth-order valence-corrected chi connectivity index (χ4v) is 4.63. The van der Waals surface area contributed by atoms with E-state index < -0.39 is 11.4 Å². The normalized spacial score (nSPS) is 24.8. The average Bonchev–Trinajstić information content (AvgIpc) is 3.24. The first-order chi connectivity index (χ1) is 14.1. The second-order valence-corrected chi connectivity index (χ2v) is 8.05. The zero-order valence-corrected chi connectivity index (χ0v) is 16.7. The van der Waals surface area contributed by atoms with Crippen molar-refractivity contribution in [3.8, 4) is 5.75 Å². The Labute approximate surface area is 171 Å². The molecule has 0 unspecified atom stereocenters. The third kappa shape index (κ3) is 4.18. The third-order valence-electron chi connectivity index (χ3n) is 6.12. The summed E-state index contributed by atoms with van der Waals surface area (Å²) in [5.41, 5.74) is 1.63. The van der Waals surface area contributed by atoms with Crippen LogP contribution in [0.3, 0.4) is 0 Å². The van der Waals surface area contributed by atoms with E-state index >= 15 is 0 Å². The van der Waals surface area contributed by atoms with Crippen molar-refractivity contribution in [3.05, 3.63) is 66.0 Å². The van der Waals surface area contributed by atoms with Gasteiger partial charge >= 0.3 is 5.97 Å². The first-order valence-electron chi connectivity index (χ1n) is 9.97. The summed E-state index contributed by atoms with van der Waals surface area (Å²) in [5, 5.41) is 10.0. The maximum atomic E-state index is 12.2. The van der Waals surface area contributed by atoms with E-state index in [1.807, 2.05) is 36.4 Å². The molecule has 0 aliphatic carbocycles. The molecule has 2 aliphatic heterocycles. The molecular weight excluding hydrogens is 366 g/mol. The Balaban J connectivity index is 1.36. The molecule has 0 radical (unpaired) electrons. The second kappa shape index (κ2) is 8.35. The Morgan fingerprint density at radius 2 is 1.86 bits per heavy atom. The summed E-state index contributed by atoms with van der Waals surface area (Å²) in [7, 11) is 1.66. The highest BCUT2D eigenvalue weighted by Crippen LogP contribution is 2.43. The van der Waals surface area contributed by atoms with Crippen molar-refractivity contribution in [2.24, 2.45) is 11.3 Å². The van der Waals surface area contributed by atoms with Gasteiger partial charge in [0.1, 0.15) is 5.75 Å². The van der Waals surface area contributed by atoms with Crippen molar-refractivity contribution in [1.82, 2.24) is 14.8 Å². The molecule has 2 atom stereocenters. The van der Waals surface area contributed by atoms with Crippen molar-refractivity contribution in [3.63, 3.8) is 0 Å². The summed E-state index contributed by atoms with van der Waals surface area (Å²) in [4.78, 5) is 20.8.